The van der Waals surface area contributed by atoms with Crippen LogP contribution in [0.25, 0.3) is 0 Å². The van der Waals surface area contributed by atoms with Gasteiger partial charge in [-0.15, -0.1) is 0 Å². The predicted molar refractivity (Wildman–Crippen MR) is 57.6 cm³/mol. The maximum absolute atomic E-state index is 11.9. The maximum Gasteiger partial charge on any atom is 0.334 e. The molecule has 2 N–H and O–H groups in total. The fourth-order valence-electron chi connectivity index (χ4n) is 2.01. The summed E-state index contributed by atoms with van der Waals surface area (Å²) in [7, 11) is 0. The van der Waals surface area contributed by atoms with E-state index in [1.165, 1.54) is 0 Å². The van der Waals surface area contributed by atoms with Crippen LogP contribution >= 0.6 is 0 Å². The molecule has 1 unspecified atom stereocenters. The highest BCUT2D eigenvalue weighted by atomic mass is 16.5. The molecular weight excluding hydrogens is 210 g/mol. The third kappa shape index (κ3) is 2.19. The van der Waals surface area contributed by atoms with Crippen LogP contribution in [0.2, 0.25) is 0 Å². The van der Waals surface area contributed by atoms with E-state index in [0.29, 0.717) is 6.42 Å². The summed E-state index contributed by atoms with van der Waals surface area (Å²) in [5, 5.41) is 12.6. The largest absolute Gasteiger partial charge is 0.464 e. The van der Waals surface area contributed by atoms with Crippen molar-refractivity contribution in [3.05, 3.63) is 0 Å². The van der Waals surface area contributed by atoms with Crippen LogP contribution in [0.1, 0.15) is 33.6 Å². The van der Waals surface area contributed by atoms with Crippen molar-refractivity contribution in [2.45, 2.75) is 45.3 Å². The van der Waals surface area contributed by atoms with E-state index in [1.807, 2.05) is 0 Å². The van der Waals surface area contributed by atoms with Gasteiger partial charge in [0.2, 0.25) is 5.91 Å². The number of carbonyl (C=O) groups is 2. The Morgan fingerprint density at radius 2 is 2.25 bits per heavy atom. The number of carbonyl (C=O) groups excluding carboxylic acids is 2. The van der Waals surface area contributed by atoms with E-state index >= 15 is 0 Å². The molecule has 0 aromatic heterocycles. The zero-order chi connectivity index (χ0) is 12.3. The van der Waals surface area contributed by atoms with Gasteiger partial charge >= 0.3 is 5.97 Å². The first-order valence-electron chi connectivity index (χ1n) is 5.60. The normalized spacial score (nSPS) is 26.7. The number of ether oxygens (including phenoxy) is 1. The summed E-state index contributed by atoms with van der Waals surface area (Å²) >= 11 is 0. The van der Waals surface area contributed by atoms with Crippen LogP contribution in [0.15, 0.2) is 0 Å². The molecule has 16 heavy (non-hydrogen) atoms. The Hall–Kier alpha value is -1.10. The minimum atomic E-state index is -1.25. The first-order valence-corrected chi connectivity index (χ1v) is 5.60. The Bertz CT molecular complexity index is 290. The van der Waals surface area contributed by atoms with Gasteiger partial charge in [-0.1, -0.05) is 13.8 Å². The topological polar surface area (TPSA) is 75.6 Å². The second kappa shape index (κ2) is 4.82. The third-order valence-electron chi connectivity index (χ3n) is 2.88. The molecule has 1 fully saturated rings. The summed E-state index contributed by atoms with van der Waals surface area (Å²) in [6.07, 6.45) is -0.370. The Morgan fingerprint density at radius 1 is 1.62 bits per heavy atom. The molecule has 1 saturated heterocycles. The van der Waals surface area contributed by atoms with Crippen LogP contribution in [0.5, 0.6) is 0 Å². The molecule has 0 aromatic carbocycles. The molecule has 1 aliphatic heterocycles. The van der Waals surface area contributed by atoms with E-state index < -0.39 is 17.6 Å². The first kappa shape index (κ1) is 13.0. The molecule has 1 rings (SSSR count). The van der Waals surface area contributed by atoms with Crippen molar-refractivity contribution in [3.8, 4) is 0 Å². The van der Waals surface area contributed by atoms with Crippen molar-refractivity contribution < 1.29 is 19.4 Å². The van der Waals surface area contributed by atoms with Gasteiger partial charge in [0.15, 0.2) is 5.54 Å². The standard InChI is InChI=1S/C11H19NO4/c1-4-16-10(15)11(9(14)7(2)3)6-5-8(13)12-11/h7,9,14H,4-6H2,1-3H3,(H,12,13)/t9-,11?/m0/s1. The molecule has 0 saturated carbocycles. The lowest BCUT2D eigenvalue weighted by Crippen LogP contribution is -2.60. The van der Waals surface area contributed by atoms with E-state index in [2.05, 4.69) is 5.32 Å². The van der Waals surface area contributed by atoms with Gasteiger partial charge in [0.25, 0.3) is 0 Å². The number of aliphatic hydroxyl groups is 1. The predicted octanol–water partition coefficient (Wildman–Crippen LogP) is 0.215. The second-order valence-electron chi connectivity index (χ2n) is 4.43. The van der Waals surface area contributed by atoms with E-state index in [4.69, 9.17) is 4.74 Å². The Morgan fingerprint density at radius 3 is 2.62 bits per heavy atom. The number of hydrogen-bond donors (Lipinski definition) is 2. The highest BCUT2D eigenvalue weighted by Crippen LogP contribution is 2.29. The number of esters is 1. The zero-order valence-corrected chi connectivity index (χ0v) is 9.95. The fraction of sp³-hybridized carbons (Fsp3) is 0.818. The van der Waals surface area contributed by atoms with Gasteiger partial charge in [0.05, 0.1) is 12.7 Å². The Labute approximate surface area is 95.2 Å². The average molecular weight is 229 g/mol. The summed E-state index contributed by atoms with van der Waals surface area (Å²) < 4.78 is 4.94. The number of rotatable bonds is 4. The zero-order valence-electron chi connectivity index (χ0n) is 9.95. The molecule has 5 nitrogen and oxygen atoms in total. The van der Waals surface area contributed by atoms with Crippen LogP contribution < -0.4 is 5.32 Å². The number of nitrogens with one attached hydrogen (secondary N) is 1. The van der Waals surface area contributed by atoms with E-state index in [0.717, 1.165) is 0 Å². The van der Waals surface area contributed by atoms with E-state index in [1.54, 1.807) is 20.8 Å². The van der Waals surface area contributed by atoms with Crippen LogP contribution in [-0.2, 0) is 14.3 Å². The van der Waals surface area contributed by atoms with Crippen LogP contribution in [-0.4, -0.2) is 35.2 Å². The monoisotopic (exact) mass is 229 g/mol. The van der Waals surface area contributed by atoms with Crippen molar-refractivity contribution in [1.29, 1.82) is 0 Å². The molecule has 92 valence electrons. The summed E-state index contributed by atoms with van der Waals surface area (Å²) in [6.45, 7) is 5.54. The van der Waals surface area contributed by atoms with Gasteiger partial charge in [0, 0.05) is 6.42 Å². The van der Waals surface area contributed by atoms with Crippen molar-refractivity contribution in [2.24, 2.45) is 5.92 Å². The molecule has 0 bridgehead atoms. The second-order valence-corrected chi connectivity index (χ2v) is 4.43. The number of aliphatic hydroxyl groups excluding tert-OH is 1. The highest BCUT2D eigenvalue weighted by molar-refractivity contribution is 5.92. The Balaban J connectivity index is 2.93. The molecule has 0 radical (unpaired) electrons. The van der Waals surface area contributed by atoms with Gasteiger partial charge in [-0.05, 0) is 19.3 Å². The Kier molecular flexibility index (Phi) is 3.91. The van der Waals surface area contributed by atoms with E-state index in [9.17, 15) is 14.7 Å². The molecule has 1 aliphatic rings. The maximum atomic E-state index is 11.9. The first-order chi connectivity index (χ1) is 7.44. The molecule has 5 heteroatoms. The van der Waals surface area contributed by atoms with Crippen molar-refractivity contribution in [1.82, 2.24) is 5.32 Å². The molecule has 1 amide bonds. The van der Waals surface area contributed by atoms with E-state index in [-0.39, 0.29) is 24.9 Å². The average Bonchev–Trinajstić information content (AvgIpc) is 2.61. The van der Waals surface area contributed by atoms with Gasteiger partial charge in [-0.2, -0.15) is 0 Å². The third-order valence-corrected chi connectivity index (χ3v) is 2.88. The minimum absolute atomic E-state index is 0.122. The lowest BCUT2D eigenvalue weighted by atomic mass is 9.84. The highest BCUT2D eigenvalue weighted by Gasteiger charge is 2.52. The summed E-state index contributed by atoms with van der Waals surface area (Å²) in [4.78, 5) is 23.1. The molecule has 0 aliphatic carbocycles. The lowest BCUT2D eigenvalue weighted by Gasteiger charge is -2.33. The van der Waals surface area contributed by atoms with Crippen molar-refractivity contribution >= 4 is 11.9 Å². The summed E-state index contributed by atoms with van der Waals surface area (Å²) in [6, 6.07) is 0. The minimum Gasteiger partial charge on any atom is -0.464 e. The smallest absolute Gasteiger partial charge is 0.334 e. The van der Waals surface area contributed by atoms with Crippen LogP contribution in [0.4, 0.5) is 0 Å². The fourth-order valence-corrected chi connectivity index (χ4v) is 2.01. The van der Waals surface area contributed by atoms with Gasteiger partial charge in [-0.3, -0.25) is 4.79 Å². The van der Waals surface area contributed by atoms with Gasteiger partial charge in [-0.25, -0.2) is 4.79 Å². The molecular formula is C11H19NO4. The van der Waals surface area contributed by atoms with Crippen molar-refractivity contribution in [2.75, 3.05) is 6.61 Å². The summed E-state index contributed by atoms with van der Waals surface area (Å²) in [5.41, 5.74) is -1.25. The lowest BCUT2D eigenvalue weighted by molar-refractivity contribution is -0.158. The quantitative estimate of drug-likeness (QED) is 0.676. The molecule has 2 atom stereocenters. The van der Waals surface area contributed by atoms with Crippen LogP contribution in [0, 0.1) is 5.92 Å². The SMILES string of the molecule is CCOC(=O)C1([C@@H](O)C(C)C)CCC(=O)N1. The molecule has 0 spiro atoms. The molecule has 0 aromatic rings. The summed E-state index contributed by atoms with van der Waals surface area (Å²) in [5.74, 6) is -0.877. The van der Waals surface area contributed by atoms with Crippen molar-refractivity contribution in [3.63, 3.8) is 0 Å². The number of amides is 1. The van der Waals surface area contributed by atoms with Crippen LogP contribution in [0.3, 0.4) is 0 Å². The van der Waals surface area contributed by atoms with Gasteiger partial charge in [0.1, 0.15) is 0 Å². The molecule has 1 heterocycles. The van der Waals surface area contributed by atoms with Gasteiger partial charge < -0.3 is 15.2 Å². The number of hydrogen-bond acceptors (Lipinski definition) is 4.